The van der Waals surface area contributed by atoms with Gasteiger partial charge in [-0.25, -0.2) is 4.79 Å². The second-order valence-electron chi connectivity index (χ2n) is 6.61. The summed E-state index contributed by atoms with van der Waals surface area (Å²) in [7, 11) is 3.37. The molecule has 0 amide bonds. The van der Waals surface area contributed by atoms with Gasteiger partial charge in [0.1, 0.15) is 0 Å². The molecule has 0 saturated carbocycles. The van der Waals surface area contributed by atoms with E-state index in [4.69, 9.17) is 14.2 Å². The fraction of sp³-hybridized carbons (Fsp3) is 0.850. The zero-order valence-corrected chi connectivity index (χ0v) is 16.3. The van der Waals surface area contributed by atoms with Crippen molar-refractivity contribution in [1.29, 1.82) is 0 Å². The molecule has 0 rings (SSSR count). The number of carbonyl (C=O) groups excluding carboxylic acids is 1. The highest BCUT2D eigenvalue weighted by molar-refractivity contribution is 5.86. The zero-order chi connectivity index (χ0) is 18.2. The summed E-state index contributed by atoms with van der Waals surface area (Å²) < 4.78 is 15.8. The van der Waals surface area contributed by atoms with Crippen molar-refractivity contribution < 1.29 is 19.0 Å². The molecule has 0 aromatic rings. The number of hydrogen-bond acceptors (Lipinski definition) is 4. The molecular formula is C20H38O4. The molecule has 4 heteroatoms. The summed E-state index contributed by atoms with van der Waals surface area (Å²) in [6.45, 7) is 8.00. The van der Waals surface area contributed by atoms with Crippen LogP contribution in [0.3, 0.4) is 0 Å². The fourth-order valence-electron chi connectivity index (χ4n) is 2.83. The smallest absolute Gasteiger partial charge is 0.333 e. The van der Waals surface area contributed by atoms with Crippen molar-refractivity contribution >= 4 is 5.97 Å². The van der Waals surface area contributed by atoms with Gasteiger partial charge in [-0.2, -0.15) is 0 Å². The molecule has 0 aromatic heterocycles. The average molecular weight is 343 g/mol. The third kappa shape index (κ3) is 12.5. The molecule has 0 heterocycles. The number of carbonyl (C=O) groups is 1. The summed E-state index contributed by atoms with van der Waals surface area (Å²) >= 11 is 0. The molecule has 24 heavy (non-hydrogen) atoms. The van der Waals surface area contributed by atoms with Crippen LogP contribution in [0.4, 0.5) is 0 Å². The monoisotopic (exact) mass is 342 g/mol. The molecule has 0 bridgehead atoms. The average Bonchev–Trinajstić information content (AvgIpc) is 2.58. The van der Waals surface area contributed by atoms with E-state index in [1.807, 2.05) is 0 Å². The predicted molar refractivity (Wildman–Crippen MR) is 98.9 cm³/mol. The van der Waals surface area contributed by atoms with Crippen molar-refractivity contribution in [3.63, 3.8) is 0 Å². The Hall–Kier alpha value is -0.870. The Morgan fingerprint density at radius 2 is 1.54 bits per heavy atom. The van der Waals surface area contributed by atoms with Gasteiger partial charge in [-0.15, -0.1) is 0 Å². The highest BCUT2D eigenvalue weighted by Gasteiger charge is 2.13. The predicted octanol–water partition coefficient (Wildman–Crippen LogP) is 5.26. The normalized spacial score (nSPS) is 12.4. The molecule has 0 N–H and O–H groups in total. The molecule has 0 fully saturated rings. The summed E-state index contributed by atoms with van der Waals surface area (Å²) in [6, 6.07) is 0. The Balaban J connectivity index is 4.10. The van der Waals surface area contributed by atoms with Crippen LogP contribution < -0.4 is 0 Å². The maximum Gasteiger partial charge on any atom is 0.333 e. The molecule has 0 saturated heterocycles. The summed E-state index contributed by atoms with van der Waals surface area (Å²) in [5.41, 5.74) is 0.463. The largest absolute Gasteiger partial charge is 0.462 e. The van der Waals surface area contributed by atoms with Gasteiger partial charge in [0.15, 0.2) is 6.29 Å². The molecule has 0 aliphatic heterocycles. The zero-order valence-electron chi connectivity index (χ0n) is 16.3. The first-order chi connectivity index (χ1) is 11.5. The minimum Gasteiger partial charge on any atom is -0.462 e. The third-order valence-electron chi connectivity index (χ3n) is 4.39. The van der Waals surface area contributed by atoms with Crippen molar-refractivity contribution in [3.05, 3.63) is 12.2 Å². The van der Waals surface area contributed by atoms with E-state index in [2.05, 4.69) is 13.5 Å². The maximum absolute atomic E-state index is 11.4. The summed E-state index contributed by atoms with van der Waals surface area (Å²) in [6.07, 6.45) is 11.6. The van der Waals surface area contributed by atoms with Crippen LogP contribution >= 0.6 is 0 Å². The van der Waals surface area contributed by atoms with Crippen molar-refractivity contribution in [1.82, 2.24) is 0 Å². The Kier molecular flexibility index (Phi) is 15.1. The second kappa shape index (κ2) is 15.6. The van der Waals surface area contributed by atoms with E-state index < -0.39 is 0 Å². The van der Waals surface area contributed by atoms with Crippen molar-refractivity contribution in [2.45, 2.75) is 84.3 Å². The topological polar surface area (TPSA) is 44.8 Å². The van der Waals surface area contributed by atoms with E-state index in [-0.39, 0.29) is 12.3 Å². The second-order valence-corrected chi connectivity index (χ2v) is 6.61. The summed E-state index contributed by atoms with van der Waals surface area (Å²) in [4.78, 5) is 11.4. The SMILES string of the molecule is C=C(C)C(=O)OCCCC(CCCCCCC)CCC(OC)OC. The first-order valence-corrected chi connectivity index (χ1v) is 9.43. The summed E-state index contributed by atoms with van der Waals surface area (Å²) in [5.74, 6) is 0.355. The molecule has 0 aliphatic carbocycles. The van der Waals surface area contributed by atoms with Gasteiger partial charge in [0.25, 0.3) is 0 Å². The minimum absolute atomic E-state index is 0.117. The molecule has 0 aliphatic rings. The van der Waals surface area contributed by atoms with Gasteiger partial charge in [0, 0.05) is 19.8 Å². The lowest BCUT2D eigenvalue weighted by Crippen LogP contribution is -2.15. The Morgan fingerprint density at radius 3 is 2.12 bits per heavy atom. The van der Waals surface area contributed by atoms with Crippen LogP contribution in [0.2, 0.25) is 0 Å². The molecular weight excluding hydrogens is 304 g/mol. The van der Waals surface area contributed by atoms with E-state index in [0.29, 0.717) is 18.1 Å². The van der Waals surface area contributed by atoms with E-state index in [0.717, 1.165) is 25.7 Å². The van der Waals surface area contributed by atoms with Gasteiger partial charge in [-0.1, -0.05) is 52.0 Å². The van der Waals surface area contributed by atoms with E-state index in [1.165, 1.54) is 38.5 Å². The highest BCUT2D eigenvalue weighted by Crippen LogP contribution is 2.23. The van der Waals surface area contributed by atoms with E-state index >= 15 is 0 Å². The van der Waals surface area contributed by atoms with Crippen LogP contribution in [-0.2, 0) is 19.0 Å². The number of methoxy groups -OCH3 is 2. The lowest BCUT2D eigenvalue weighted by Gasteiger charge is -2.20. The number of unbranched alkanes of at least 4 members (excludes halogenated alkanes) is 4. The molecule has 1 atom stereocenters. The van der Waals surface area contributed by atoms with Gasteiger partial charge in [-0.3, -0.25) is 0 Å². The molecule has 1 unspecified atom stereocenters. The van der Waals surface area contributed by atoms with E-state index in [9.17, 15) is 4.79 Å². The van der Waals surface area contributed by atoms with Gasteiger partial charge in [0.2, 0.25) is 0 Å². The number of ether oxygens (including phenoxy) is 3. The molecule has 0 aromatic carbocycles. The quantitative estimate of drug-likeness (QED) is 0.166. The van der Waals surface area contributed by atoms with Crippen molar-refractivity contribution in [2.24, 2.45) is 5.92 Å². The van der Waals surface area contributed by atoms with Crippen LogP contribution in [0.15, 0.2) is 12.2 Å². The van der Waals surface area contributed by atoms with Crippen molar-refractivity contribution in [3.8, 4) is 0 Å². The molecule has 0 radical (unpaired) electrons. The van der Waals surface area contributed by atoms with Gasteiger partial charge >= 0.3 is 5.97 Å². The number of esters is 1. The van der Waals surface area contributed by atoms with Crippen LogP contribution in [0, 0.1) is 5.92 Å². The molecule has 4 nitrogen and oxygen atoms in total. The Labute approximate surface area is 148 Å². The first kappa shape index (κ1) is 23.1. The minimum atomic E-state index is -0.287. The first-order valence-electron chi connectivity index (χ1n) is 9.43. The van der Waals surface area contributed by atoms with E-state index in [1.54, 1.807) is 21.1 Å². The molecule has 0 spiro atoms. The highest BCUT2D eigenvalue weighted by atomic mass is 16.7. The van der Waals surface area contributed by atoms with Gasteiger partial charge in [-0.05, 0) is 38.5 Å². The lowest BCUT2D eigenvalue weighted by atomic mass is 9.91. The number of hydrogen-bond donors (Lipinski definition) is 0. The third-order valence-corrected chi connectivity index (χ3v) is 4.39. The van der Waals surface area contributed by atoms with Crippen LogP contribution in [0.1, 0.15) is 78.1 Å². The Bertz CT molecular complexity index is 324. The van der Waals surface area contributed by atoms with Crippen LogP contribution in [-0.4, -0.2) is 33.1 Å². The lowest BCUT2D eigenvalue weighted by molar-refractivity contribution is -0.139. The van der Waals surface area contributed by atoms with Gasteiger partial charge in [0.05, 0.1) is 6.61 Å². The van der Waals surface area contributed by atoms with Crippen LogP contribution in [0.25, 0.3) is 0 Å². The summed E-state index contributed by atoms with van der Waals surface area (Å²) in [5, 5.41) is 0. The number of rotatable bonds is 16. The Morgan fingerprint density at radius 1 is 0.917 bits per heavy atom. The van der Waals surface area contributed by atoms with Gasteiger partial charge < -0.3 is 14.2 Å². The van der Waals surface area contributed by atoms with Crippen molar-refractivity contribution in [2.75, 3.05) is 20.8 Å². The standard InChI is InChI=1S/C20H38O4/c1-6-7-8-9-10-12-18(14-15-19(22-4)23-5)13-11-16-24-20(21)17(2)3/h18-19H,2,6-16H2,1,3-5H3. The fourth-order valence-corrected chi connectivity index (χ4v) is 2.83. The maximum atomic E-state index is 11.4. The molecule has 142 valence electrons. The van der Waals surface area contributed by atoms with Crippen LogP contribution in [0.5, 0.6) is 0 Å².